The van der Waals surface area contributed by atoms with Crippen LogP contribution < -0.4 is 5.32 Å². The van der Waals surface area contributed by atoms with Crippen LogP contribution in [0.25, 0.3) is 6.08 Å². The molecule has 0 aromatic heterocycles. The number of hydrogen-bond donors (Lipinski definition) is 1. The predicted molar refractivity (Wildman–Crippen MR) is 77.6 cm³/mol. The van der Waals surface area contributed by atoms with Crippen LogP contribution in [0.2, 0.25) is 5.02 Å². The molecule has 0 fully saturated rings. The maximum Gasteiger partial charge on any atom is 0.243 e. The van der Waals surface area contributed by atoms with Crippen molar-refractivity contribution in [3.8, 4) is 0 Å². The molecule has 1 amide bonds. The third-order valence-corrected chi connectivity index (χ3v) is 2.88. The van der Waals surface area contributed by atoms with E-state index in [1.165, 1.54) is 19.3 Å². The number of carbonyl (C=O) groups excluding carboxylic acids is 1. The van der Waals surface area contributed by atoms with E-state index in [-0.39, 0.29) is 5.91 Å². The fourth-order valence-electron chi connectivity index (χ4n) is 1.57. The summed E-state index contributed by atoms with van der Waals surface area (Å²) < 4.78 is 0. The smallest absolute Gasteiger partial charge is 0.243 e. The van der Waals surface area contributed by atoms with Crippen LogP contribution in [-0.4, -0.2) is 12.5 Å². The third-order valence-electron chi connectivity index (χ3n) is 2.63. The summed E-state index contributed by atoms with van der Waals surface area (Å²) in [5, 5.41) is 3.57. The van der Waals surface area contributed by atoms with Crippen molar-refractivity contribution < 1.29 is 4.79 Å². The van der Waals surface area contributed by atoms with Gasteiger partial charge in [0.05, 0.1) is 0 Å². The molecule has 1 rings (SSSR count). The van der Waals surface area contributed by atoms with Gasteiger partial charge in [-0.25, -0.2) is 0 Å². The van der Waals surface area contributed by atoms with Crippen molar-refractivity contribution in [3.63, 3.8) is 0 Å². The Hall–Kier alpha value is -1.28. The number of benzene rings is 1. The molecule has 98 valence electrons. The molecule has 2 nitrogen and oxygen atoms in total. The Kier molecular flexibility index (Phi) is 7.19. The molecule has 1 N–H and O–H groups in total. The van der Waals surface area contributed by atoms with Gasteiger partial charge in [0.1, 0.15) is 0 Å². The van der Waals surface area contributed by atoms with Crippen molar-refractivity contribution >= 4 is 23.6 Å². The monoisotopic (exact) mass is 265 g/mol. The molecule has 0 bridgehead atoms. The van der Waals surface area contributed by atoms with Gasteiger partial charge in [0.25, 0.3) is 0 Å². The molecule has 0 aliphatic carbocycles. The maximum atomic E-state index is 11.5. The van der Waals surface area contributed by atoms with Gasteiger partial charge in [0.15, 0.2) is 0 Å². The Balaban J connectivity index is 2.25. The molecule has 0 atom stereocenters. The predicted octanol–water partition coefficient (Wildman–Crippen LogP) is 4.05. The van der Waals surface area contributed by atoms with Crippen LogP contribution >= 0.6 is 11.6 Å². The molecule has 1 aromatic rings. The first-order valence-electron chi connectivity index (χ1n) is 6.44. The molecule has 0 saturated carbocycles. The molecule has 0 aliphatic rings. The minimum atomic E-state index is -0.0403. The molecule has 0 spiro atoms. The van der Waals surface area contributed by atoms with Gasteiger partial charge >= 0.3 is 0 Å². The molecule has 0 aliphatic heterocycles. The van der Waals surface area contributed by atoms with Gasteiger partial charge in [-0.3, -0.25) is 4.79 Å². The minimum absolute atomic E-state index is 0.0403. The molecule has 0 unspecified atom stereocenters. The highest BCUT2D eigenvalue weighted by atomic mass is 35.5. The Morgan fingerprint density at radius 3 is 2.61 bits per heavy atom. The lowest BCUT2D eigenvalue weighted by Crippen LogP contribution is -2.21. The topological polar surface area (TPSA) is 29.1 Å². The van der Waals surface area contributed by atoms with Gasteiger partial charge in [0, 0.05) is 17.6 Å². The molecule has 3 heteroatoms. The van der Waals surface area contributed by atoms with Gasteiger partial charge in [-0.2, -0.15) is 0 Å². The Morgan fingerprint density at radius 1 is 1.22 bits per heavy atom. The SMILES string of the molecule is CCCCCCNC(=O)C=Cc1ccc(Cl)cc1. The van der Waals surface area contributed by atoms with Crippen LogP contribution in [0, 0.1) is 0 Å². The molecule has 0 heterocycles. The van der Waals surface area contributed by atoms with Crippen molar-refractivity contribution in [3.05, 3.63) is 40.9 Å². The standard InChI is InChI=1S/C15H20ClNO/c1-2-3-4-5-12-17-15(18)11-8-13-6-9-14(16)10-7-13/h6-11H,2-5,12H2,1H3,(H,17,18). The minimum Gasteiger partial charge on any atom is -0.353 e. The van der Waals surface area contributed by atoms with E-state index < -0.39 is 0 Å². The zero-order valence-electron chi connectivity index (χ0n) is 10.8. The van der Waals surface area contributed by atoms with E-state index in [0.717, 1.165) is 18.5 Å². The van der Waals surface area contributed by atoms with Crippen LogP contribution in [0.5, 0.6) is 0 Å². The molecular formula is C15H20ClNO. The summed E-state index contributed by atoms with van der Waals surface area (Å²) in [5.41, 5.74) is 0.973. The highest BCUT2D eigenvalue weighted by Crippen LogP contribution is 2.10. The second-order valence-corrected chi connectivity index (χ2v) is 4.67. The number of carbonyl (C=O) groups is 1. The average molecular weight is 266 g/mol. The van der Waals surface area contributed by atoms with E-state index in [9.17, 15) is 4.79 Å². The van der Waals surface area contributed by atoms with E-state index in [1.807, 2.05) is 24.3 Å². The van der Waals surface area contributed by atoms with Crippen molar-refractivity contribution in [2.75, 3.05) is 6.54 Å². The van der Waals surface area contributed by atoms with Crippen LogP contribution in [0.3, 0.4) is 0 Å². The van der Waals surface area contributed by atoms with Crippen LogP contribution in [0.4, 0.5) is 0 Å². The fraction of sp³-hybridized carbons (Fsp3) is 0.400. The first-order valence-corrected chi connectivity index (χ1v) is 6.81. The van der Waals surface area contributed by atoms with Gasteiger partial charge in [-0.05, 0) is 30.2 Å². The second-order valence-electron chi connectivity index (χ2n) is 4.24. The number of halogens is 1. The van der Waals surface area contributed by atoms with Crippen molar-refractivity contribution in [1.29, 1.82) is 0 Å². The fourth-order valence-corrected chi connectivity index (χ4v) is 1.69. The van der Waals surface area contributed by atoms with Crippen molar-refractivity contribution in [2.24, 2.45) is 0 Å². The van der Waals surface area contributed by atoms with Crippen molar-refractivity contribution in [2.45, 2.75) is 32.6 Å². The van der Waals surface area contributed by atoms with E-state index in [0.29, 0.717) is 5.02 Å². The number of amides is 1. The summed E-state index contributed by atoms with van der Waals surface area (Å²) in [6.45, 7) is 2.93. The van der Waals surface area contributed by atoms with E-state index in [1.54, 1.807) is 12.2 Å². The van der Waals surface area contributed by atoms with E-state index >= 15 is 0 Å². The molecular weight excluding hydrogens is 246 g/mol. The summed E-state index contributed by atoms with van der Waals surface area (Å²) >= 11 is 5.78. The molecule has 0 radical (unpaired) electrons. The maximum absolute atomic E-state index is 11.5. The first-order chi connectivity index (χ1) is 8.72. The number of hydrogen-bond acceptors (Lipinski definition) is 1. The zero-order chi connectivity index (χ0) is 13.2. The Bertz CT molecular complexity index is 384. The number of rotatable bonds is 7. The Morgan fingerprint density at radius 2 is 1.94 bits per heavy atom. The quantitative estimate of drug-likeness (QED) is 0.585. The van der Waals surface area contributed by atoms with E-state index in [2.05, 4.69) is 12.2 Å². The normalized spacial score (nSPS) is 10.8. The molecule has 1 aromatic carbocycles. The zero-order valence-corrected chi connectivity index (χ0v) is 11.5. The van der Waals surface area contributed by atoms with Gasteiger partial charge in [-0.15, -0.1) is 0 Å². The lowest BCUT2D eigenvalue weighted by molar-refractivity contribution is -0.116. The second kappa shape index (κ2) is 8.76. The number of nitrogens with one attached hydrogen (secondary N) is 1. The lowest BCUT2D eigenvalue weighted by atomic mass is 10.2. The third kappa shape index (κ3) is 6.45. The average Bonchev–Trinajstić information content (AvgIpc) is 2.38. The highest BCUT2D eigenvalue weighted by molar-refractivity contribution is 6.30. The van der Waals surface area contributed by atoms with Gasteiger partial charge in [-0.1, -0.05) is 49.9 Å². The highest BCUT2D eigenvalue weighted by Gasteiger charge is 1.95. The Labute approximate surface area is 114 Å². The van der Waals surface area contributed by atoms with Crippen LogP contribution in [-0.2, 0) is 4.79 Å². The van der Waals surface area contributed by atoms with Gasteiger partial charge in [0.2, 0.25) is 5.91 Å². The lowest BCUT2D eigenvalue weighted by Gasteiger charge is -2.01. The van der Waals surface area contributed by atoms with Gasteiger partial charge < -0.3 is 5.32 Å². The first kappa shape index (κ1) is 14.8. The van der Waals surface area contributed by atoms with Crippen LogP contribution in [0.15, 0.2) is 30.3 Å². The molecule has 18 heavy (non-hydrogen) atoms. The van der Waals surface area contributed by atoms with E-state index in [4.69, 9.17) is 11.6 Å². The largest absolute Gasteiger partial charge is 0.353 e. The summed E-state index contributed by atoms with van der Waals surface area (Å²) in [4.78, 5) is 11.5. The molecule has 0 saturated heterocycles. The summed E-state index contributed by atoms with van der Waals surface area (Å²) in [5.74, 6) is -0.0403. The van der Waals surface area contributed by atoms with Crippen LogP contribution in [0.1, 0.15) is 38.2 Å². The number of unbranched alkanes of at least 4 members (excludes halogenated alkanes) is 3. The summed E-state index contributed by atoms with van der Waals surface area (Å²) in [6, 6.07) is 7.38. The van der Waals surface area contributed by atoms with Crippen molar-refractivity contribution in [1.82, 2.24) is 5.32 Å². The summed E-state index contributed by atoms with van der Waals surface area (Å²) in [7, 11) is 0. The summed E-state index contributed by atoms with van der Waals surface area (Å²) in [6.07, 6.45) is 8.02.